The Hall–Kier alpha value is -1.33. The number of nitrogens with zero attached hydrogens (tertiary/aromatic N) is 1. The summed E-state index contributed by atoms with van der Waals surface area (Å²) in [7, 11) is 0. The Labute approximate surface area is 119 Å². The van der Waals surface area contributed by atoms with Gasteiger partial charge in [-0.05, 0) is 39.7 Å². The van der Waals surface area contributed by atoms with Crippen LogP contribution in [0.4, 0.5) is 0 Å². The molecule has 1 aliphatic rings. The molecule has 112 valence electrons. The fourth-order valence-corrected chi connectivity index (χ4v) is 2.67. The number of piperidine rings is 1. The fraction of sp³-hybridized carbons (Fsp3) is 0.667. The second-order valence-corrected chi connectivity index (χ2v) is 6.23. The van der Waals surface area contributed by atoms with E-state index in [4.69, 9.17) is 4.42 Å². The van der Waals surface area contributed by atoms with E-state index in [2.05, 4.69) is 10.2 Å². The predicted molar refractivity (Wildman–Crippen MR) is 76.7 cm³/mol. The summed E-state index contributed by atoms with van der Waals surface area (Å²) in [5.74, 6) is 0.596. The zero-order valence-electron chi connectivity index (χ0n) is 12.5. The highest BCUT2D eigenvalue weighted by atomic mass is 16.3. The lowest BCUT2D eigenvalue weighted by Gasteiger charge is -2.35. The van der Waals surface area contributed by atoms with E-state index in [1.165, 1.54) is 6.26 Å². The van der Waals surface area contributed by atoms with E-state index in [1.54, 1.807) is 13.0 Å². The minimum atomic E-state index is -0.663. The van der Waals surface area contributed by atoms with Crippen LogP contribution in [0.25, 0.3) is 0 Å². The van der Waals surface area contributed by atoms with Crippen LogP contribution in [-0.4, -0.2) is 47.2 Å². The van der Waals surface area contributed by atoms with Crippen LogP contribution in [0.15, 0.2) is 16.7 Å². The van der Waals surface area contributed by atoms with Crippen molar-refractivity contribution in [3.8, 4) is 0 Å². The van der Waals surface area contributed by atoms with Gasteiger partial charge in [-0.2, -0.15) is 0 Å². The molecule has 5 nitrogen and oxygen atoms in total. The number of likely N-dealkylation sites (tertiary alicyclic amines) is 1. The number of aryl methyl sites for hydroxylation is 1. The lowest BCUT2D eigenvalue weighted by Crippen LogP contribution is -2.48. The number of β-amino-alcohol motifs (C(OH)–C–C–N with tert-alkyl or cyclic N) is 1. The third kappa shape index (κ3) is 4.08. The lowest BCUT2D eigenvalue weighted by molar-refractivity contribution is 0.0267. The number of hydrogen-bond acceptors (Lipinski definition) is 4. The van der Waals surface area contributed by atoms with Crippen LogP contribution in [0.3, 0.4) is 0 Å². The van der Waals surface area contributed by atoms with E-state index in [0.717, 1.165) is 25.9 Å². The van der Waals surface area contributed by atoms with Gasteiger partial charge < -0.3 is 19.7 Å². The summed E-state index contributed by atoms with van der Waals surface area (Å²) in [5, 5.41) is 12.9. The summed E-state index contributed by atoms with van der Waals surface area (Å²) in [4.78, 5) is 14.3. The number of rotatable bonds is 4. The third-order valence-corrected chi connectivity index (χ3v) is 3.64. The molecule has 0 spiro atoms. The van der Waals surface area contributed by atoms with Gasteiger partial charge in [-0.3, -0.25) is 4.79 Å². The normalized spacial score (nSPS) is 18.2. The summed E-state index contributed by atoms with van der Waals surface area (Å²) in [6.45, 7) is 7.92. The van der Waals surface area contributed by atoms with E-state index >= 15 is 0 Å². The first kappa shape index (κ1) is 15.1. The Bertz CT molecular complexity index is 454. The van der Waals surface area contributed by atoms with Gasteiger partial charge in [0.1, 0.15) is 5.76 Å². The first-order valence-electron chi connectivity index (χ1n) is 7.15. The van der Waals surface area contributed by atoms with Crippen molar-refractivity contribution in [2.24, 2.45) is 0 Å². The zero-order valence-corrected chi connectivity index (χ0v) is 12.5. The Morgan fingerprint density at radius 3 is 2.65 bits per heavy atom. The molecule has 1 aromatic rings. The summed E-state index contributed by atoms with van der Waals surface area (Å²) in [5.41, 5.74) is -0.0480. The quantitative estimate of drug-likeness (QED) is 0.878. The maximum atomic E-state index is 12.1. The van der Waals surface area contributed by atoms with Crippen LogP contribution in [0, 0.1) is 6.92 Å². The maximum absolute atomic E-state index is 12.1. The van der Waals surface area contributed by atoms with E-state index in [-0.39, 0.29) is 11.9 Å². The maximum Gasteiger partial charge on any atom is 0.255 e. The third-order valence-electron chi connectivity index (χ3n) is 3.64. The van der Waals surface area contributed by atoms with Crippen molar-refractivity contribution in [1.82, 2.24) is 10.2 Å². The molecule has 1 aromatic heterocycles. The molecule has 1 saturated heterocycles. The van der Waals surface area contributed by atoms with Gasteiger partial charge in [-0.25, -0.2) is 0 Å². The van der Waals surface area contributed by atoms with Crippen LogP contribution in [0.1, 0.15) is 42.8 Å². The standard InChI is InChI=1S/C15H24N2O3/c1-11-13(6-9-20-11)14(18)16-12-4-7-17(8-5-12)10-15(2,3)19/h6,9,12,19H,4-5,7-8,10H2,1-3H3,(H,16,18). The Balaban J connectivity index is 1.80. The van der Waals surface area contributed by atoms with E-state index in [9.17, 15) is 9.90 Å². The van der Waals surface area contributed by atoms with Crippen molar-refractivity contribution >= 4 is 5.91 Å². The minimum absolute atomic E-state index is 0.0582. The summed E-state index contributed by atoms with van der Waals surface area (Å²) >= 11 is 0. The van der Waals surface area contributed by atoms with Crippen molar-refractivity contribution in [3.63, 3.8) is 0 Å². The van der Waals surface area contributed by atoms with Gasteiger partial charge in [0.2, 0.25) is 0 Å². The zero-order chi connectivity index (χ0) is 14.8. The number of carbonyl (C=O) groups is 1. The molecule has 0 aromatic carbocycles. The molecule has 2 rings (SSSR count). The number of carbonyl (C=O) groups excluding carboxylic acids is 1. The molecule has 0 radical (unpaired) electrons. The molecular weight excluding hydrogens is 256 g/mol. The van der Waals surface area contributed by atoms with Gasteiger partial charge in [-0.15, -0.1) is 0 Å². The van der Waals surface area contributed by atoms with Crippen LogP contribution in [0.5, 0.6) is 0 Å². The summed E-state index contributed by atoms with van der Waals surface area (Å²) < 4.78 is 5.15. The molecule has 20 heavy (non-hydrogen) atoms. The van der Waals surface area contributed by atoms with Gasteiger partial charge in [0.25, 0.3) is 5.91 Å². The first-order chi connectivity index (χ1) is 9.35. The highest BCUT2D eigenvalue weighted by Gasteiger charge is 2.25. The van der Waals surface area contributed by atoms with Crippen molar-refractivity contribution in [1.29, 1.82) is 0 Å². The summed E-state index contributed by atoms with van der Waals surface area (Å²) in [6.07, 6.45) is 3.37. The van der Waals surface area contributed by atoms with E-state index < -0.39 is 5.60 Å². The molecule has 0 aliphatic carbocycles. The molecule has 0 saturated carbocycles. The van der Waals surface area contributed by atoms with Crippen LogP contribution < -0.4 is 5.32 Å². The molecule has 0 unspecified atom stereocenters. The molecule has 2 heterocycles. The monoisotopic (exact) mass is 280 g/mol. The fourth-order valence-electron chi connectivity index (χ4n) is 2.67. The number of hydrogen-bond donors (Lipinski definition) is 2. The van der Waals surface area contributed by atoms with Gasteiger partial charge in [-0.1, -0.05) is 0 Å². The molecule has 1 aliphatic heterocycles. The summed E-state index contributed by atoms with van der Waals surface area (Å²) in [6, 6.07) is 1.91. The Morgan fingerprint density at radius 1 is 1.50 bits per heavy atom. The minimum Gasteiger partial charge on any atom is -0.469 e. The number of amides is 1. The van der Waals surface area contributed by atoms with Gasteiger partial charge in [0.05, 0.1) is 17.4 Å². The van der Waals surface area contributed by atoms with Gasteiger partial charge in [0, 0.05) is 25.7 Å². The second-order valence-electron chi connectivity index (χ2n) is 6.23. The van der Waals surface area contributed by atoms with Crippen molar-refractivity contribution in [3.05, 3.63) is 23.7 Å². The molecular formula is C15H24N2O3. The van der Waals surface area contributed by atoms with Gasteiger partial charge in [0.15, 0.2) is 0 Å². The molecule has 0 bridgehead atoms. The van der Waals surface area contributed by atoms with Crippen LogP contribution >= 0.6 is 0 Å². The molecule has 0 atom stereocenters. The second kappa shape index (κ2) is 5.97. The highest BCUT2D eigenvalue weighted by Crippen LogP contribution is 2.15. The van der Waals surface area contributed by atoms with Crippen molar-refractivity contribution in [2.75, 3.05) is 19.6 Å². The smallest absolute Gasteiger partial charge is 0.255 e. The van der Waals surface area contributed by atoms with Crippen LogP contribution in [0.2, 0.25) is 0 Å². The molecule has 1 amide bonds. The van der Waals surface area contributed by atoms with Crippen molar-refractivity contribution < 1.29 is 14.3 Å². The first-order valence-corrected chi connectivity index (χ1v) is 7.15. The number of nitrogens with one attached hydrogen (secondary N) is 1. The van der Waals surface area contributed by atoms with Crippen molar-refractivity contribution in [2.45, 2.75) is 45.3 Å². The topological polar surface area (TPSA) is 65.7 Å². The molecule has 5 heteroatoms. The SMILES string of the molecule is Cc1occc1C(=O)NC1CCN(CC(C)(C)O)CC1. The largest absolute Gasteiger partial charge is 0.469 e. The Kier molecular flexibility index (Phi) is 4.50. The number of aliphatic hydroxyl groups is 1. The predicted octanol–water partition coefficient (Wildman–Crippen LogP) is 1.55. The van der Waals surface area contributed by atoms with Crippen LogP contribution in [-0.2, 0) is 0 Å². The highest BCUT2D eigenvalue weighted by molar-refractivity contribution is 5.95. The molecule has 2 N–H and O–H groups in total. The lowest BCUT2D eigenvalue weighted by atomic mass is 10.0. The van der Waals surface area contributed by atoms with E-state index in [0.29, 0.717) is 17.9 Å². The molecule has 1 fully saturated rings. The van der Waals surface area contributed by atoms with E-state index in [1.807, 2.05) is 13.8 Å². The van der Waals surface area contributed by atoms with Gasteiger partial charge >= 0.3 is 0 Å². The number of furan rings is 1. The average molecular weight is 280 g/mol. The average Bonchev–Trinajstić information content (AvgIpc) is 2.76. The Morgan fingerprint density at radius 2 is 2.15 bits per heavy atom.